The van der Waals surface area contributed by atoms with E-state index < -0.39 is 11.7 Å². The van der Waals surface area contributed by atoms with Gasteiger partial charge in [-0.1, -0.05) is 44.4 Å². The molecule has 0 radical (unpaired) electrons. The highest BCUT2D eigenvalue weighted by atomic mass is 19.1. The Balaban J connectivity index is 0.000000523. The highest BCUT2D eigenvalue weighted by Crippen LogP contribution is 2.38. The summed E-state index contributed by atoms with van der Waals surface area (Å²) in [4.78, 5) is 12.7. The maximum atomic E-state index is 12.3. The first-order valence-electron chi connectivity index (χ1n) is 13.2. The van der Waals surface area contributed by atoms with Crippen molar-refractivity contribution < 1.29 is 20.8 Å². The number of carbonyl (C=O) groups excluding carboxylic acids is 1. The van der Waals surface area contributed by atoms with Gasteiger partial charge in [0.1, 0.15) is 5.82 Å². The van der Waals surface area contributed by atoms with Gasteiger partial charge in [0.2, 0.25) is 5.91 Å². The minimum absolute atomic E-state index is 0. The van der Waals surface area contributed by atoms with Crippen LogP contribution in [0, 0.1) is 11.2 Å². The van der Waals surface area contributed by atoms with Crippen molar-refractivity contribution in [1.29, 1.82) is 0 Å². The van der Waals surface area contributed by atoms with Gasteiger partial charge in [0.05, 0.1) is 6.61 Å². The third-order valence-electron chi connectivity index (χ3n) is 7.07. The van der Waals surface area contributed by atoms with E-state index in [1.807, 2.05) is 0 Å². The summed E-state index contributed by atoms with van der Waals surface area (Å²) in [6, 6.07) is 14.0. The molecule has 6 nitrogen and oxygen atoms in total. The maximum absolute atomic E-state index is 12.3. The zero-order valence-electron chi connectivity index (χ0n) is 21.7. The first-order chi connectivity index (χ1) is 17.4. The van der Waals surface area contributed by atoms with Gasteiger partial charge in [0.15, 0.2) is 0 Å². The Hall–Kier alpha value is -2.48. The number of halogens is 1. The van der Waals surface area contributed by atoms with Crippen molar-refractivity contribution in [2.45, 2.75) is 58.3 Å². The average Bonchev–Trinajstić information content (AvgIpc) is 2.89. The first-order valence-corrected chi connectivity index (χ1v) is 13.2. The largest absolute Gasteiger partial charge is 0.396 e. The third kappa shape index (κ3) is 10.6. The molecule has 0 aliphatic heterocycles. The number of likely N-dealkylation sites (N-methyl/N-ethyl adjacent to an activating group) is 1. The van der Waals surface area contributed by atoms with Crippen LogP contribution in [0.15, 0.2) is 48.5 Å². The topological polar surface area (TPSA) is 98.8 Å². The maximum Gasteiger partial charge on any atom is 0.248 e. The van der Waals surface area contributed by atoms with Crippen LogP contribution in [0.4, 0.5) is 10.1 Å². The molecule has 2 aromatic rings. The number of benzene rings is 2. The summed E-state index contributed by atoms with van der Waals surface area (Å²) in [6.45, 7) is 6.45. The molecule has 0 atom stereocenters. The van der Waals surface area contributed by atoms with Crippen LogP contribution in [0.3, 0.4) is 0 Å². The van der Waals surface area contributed by atoms with E-state index in [0.717, 1.165) is 51.5 Å². The lowest BCUT2D eigenvalue weighted by molar-refractivity contribution is 0.0769. The van der Waals surface area contributed by atoms with E-state index in [1.54, 1.807) is 0 Å². The molecule has 3 rings (SSSR count). The number of primary amides is 1. The van der Waals surface area contributed by atoms with Crippen LogP contribution in [-0.2, 0) is 6.42 Å². The minimum atomic E-state index is -0.612. The fourth-order valence-electron chi connectivity index (χ4n) is 4.82. The van der Waals surface area contributed by atoms with Gasteiger partial charge in [-0.15, -0.1) is 0 Å². The van der Waals surface area contributed by atoms with Gasteiger partial charge in [0.25, 0.3) is 0 Å². The SMILES string of the molecule is CCN(CCO)CCCc1cccc(NCCC2(CO)CCCCC2)c1.NC(=O)c1cccc(F)c1.[HH]. The van der Waals surface area contributed by atoms with Gasteiger partial charge >= 0.3 is 0 Å². The summed E-state index contributed by atoms with van der Waals surface area (Å²) in [5, 5.41) is 22.5. The number of aliphatic hydroxyl groups is 2. The van der Waals surface area contributed by atoms with Gasteiger partial charge < -0.3 is 26.2 Å². The third-order valence-corrected chi connectivity index (χ3v) is 7.07. The molecule has 5 N–H and O–H groups in total. The molecule has 36 heavy (non-hydrogen) atoms. The highest BCUT2D eigenvalue weighted by Gasteiger charge is 2.30. The molecule has 0 spiro atoms. The summed E-state index contributed by atoms with van der Waals surface area (Å²) >= 11 is 0. The molecule has 1 aliphatic rings. The van der Waals surface area contributed by atoms with Crippen molar-refractivity contribution >= 4 is 11.6 Å². The van der Waals surface area contributed by atoms with Crippen molar-refractivity contribution in [3.05, 3.63) is 65.5 Å². The molecular formula is C29H46FN3O3. The molecular weight excluding hydrogens is 457 g/mol. The lowest BCUT2D eigenvalue weighted by Gasteiger charge is -2.35. The molecule has 1 aliphatic carbocycles. The predicted molar refractivity (Wildman–Crippen MR) is 147 cm³/mol. The van der Waals surface area contributed by atoms with Crippen LogP contribution in [0.2, 0.25) is 0 Å². The van der Waals surface area contributed by atoms with E-state index in [-0.39, 0.29) is 19.0 Å². The predicted octanol–water partition coefficient (Wildman–Crippen LogP) is 4.85. The number of aryl methyl sites for hydroxylation is 1. The fraction of sp³-hybridized carbons (Fsp3) is 0.552. The molecule has 0 aromatic heterocycles. The Morgan fingerprint density at radius 1 is 1.11 bits per heavy atom. The number of amides is 1. The number of hydrogen-bond acceptors (Lipinski definition) is 5. The van der Waals surface area contributed by atoms with Crippen molar-refractivity contribution in [2.24, 2.45) is 11.1 Å². The lowest BCUT2D eigenvalue weighted by Crippen LogP contribution is -2.30. The van der Waals surface area contributed by atoms with Gasteiger partial charge in [-0.25, -0.2) is 4.39 Å². The number of hydrogen-bond donors (Lipinski definition) is 4. The van der Waals surface area contributed by atoms with Crippen molar-refractivity contribution in [3.8, 4) is 0 Å². The van der Waals surface area contributed by atoms with Crippen LogP contribution in [0.5, 0.6) is 0 Å². The van der Waals surface area contributed by atoms with Gasteiger partial charge in [-0.05, 0) is 86.5 Å². The summed E-state index contributed by atoms with van der Waals surface area (Å²) in [7, 11) is 0. The Bertz CT molecular complexity index is 909. The van der Waals surface area contributed by atoms with Crippen LogP contribution in [0.1, 0.15) is 69.2 Å². The molecule has 0 bridgehead atoms. The number of rotatable bonds is 13. The number of nitrogens with two attached hydrogens (primary N) is 1. The van der Waals surface area contributed by atoms with Gasteiger partial charge in [-0.3, -0.25) is 4.79 Å². The average molecular weight is 504 g/mol. The summed E-state index contributed by atoms with van der Waals surface area (Å²) in [5.74, 6) is -1.06. The fourth-order valence-corrected chi connectivity index (χ4v) is 4.82. The molecule has 0 saturated heterocycles. The zero-order chi connectivity index (χ0) is 26.2. The van der Waals surface area contributed by atoms with Gasteiger partial charge in [-0.2, -0.15) is 0 Å². The summed E-state index contributed by atoms with van der Waals surface area (Å²) in [5.41, 5.74) is 7.78. The van der Waals surface area contributed by atoms with E-state index in [4.69, 9.17) is 10.8 Å². The van der Waals surface area contributed by atoms with E-state index in [9.17, 15) is 14.3 Å². The Morgan fingerprint density at radius 2 is 1.86 bits per heavy atom. The molecule has 202 valence electrons. The Morgan fingerprint density at radius 3 is 2.47 bits per heavy atom. The quantitative estimate of drug-likeness (QED) is 0.313. The van der Waals surface area contributed by atoms with Gasteiger partial charge in [0, 0.05) is 32.4 Å². The second-order valence-electron chi connectivity index (χ2n) is 9.73. The van der Waals surface area contributed by atoms with E-state index in [1.165, 1.54) is 61.6 Å². The van der Waals surface area contributed by atoms with E-state index in [2.05, 4.69) is 41.4 Å². The van der Waals surface area contributed by atoms with E-state index in [0.29, 0.717) is 6.61 Å². The summed E-state index contributed by atoms with van der Waals surface area (Å²) < 4.78 is 12.3. The molecule has 1 fully saturated rings. The second-order valence-corrected chi connectivity index (χ2v) is 9.73. The number of nitrogens with one attached hydrogen (secondary N) is 1. The van der Waals surface area contributed by atoms with Crippen LogP contribution in [-0.4, -0.2) is 60.4 Å². The molecule has 0 heterocycles. The monoisotopic (exact) mass is 503 g/mol. The van der Waals surface area contributed by atoms with Crippen molar-refractivity contribution in [3.63, 3.8) is 0 Å². The smallest absolute Gasteiger partial charge is 0.248 e. The Labute approximate surface area is 217 Å². The second kappa shape index (κ2) is 16.3. The normalized spacial score (nSPS) is 14.7. The number of anilines is 1. The van der Waals surface area contributed by atoms with Crippen molar-refractivity contribution in [2.75, 3.05) is 44.7 Å². The lowest BCUT2D eigenvalue weighted by atomic mass is 9.72. The van der Waals surface area contributed by atoms with Crippen LogP contribution in [0.25, 0.3) is 0 Å². The molecule has 1 saturated carbocycles. The number of carbonyl (C=O) groups is 1. The standard InChI is InChI=1S/C22H38N2O2.C7H6FNO.H2/c1-2-24(16-17-25)15-7-9-20-8-6-10-21(18-20)23-14-13-22(19-26)11-4-3-5-12-22;8-6-3-1-2-5(4-6)7(9)10;/h6,8,10,18,23,25-26H,2-5,7,9,11-17,19H2,1H3;1-4H,(H2,9,10);1H. The minimum Gasteiger partial charge on any atom is -0.396 e. The highest BCUT2D eigenvalue weighted by molar-refractivity contribution is 5.92. The van der Waals surface area contributed by atoms with Crippen molar-refractivity contribution in [1.82, 2.24) is 4.90 Å². The molecule has 1 amide bonds. The summed E-state index contributed by atoms with van der Waals surface area (Å²) in [6.07, 6.45) is 9.44. The zero-order valence-corrected chi connectivity index (χ0v) is 21.7. The van der Waals surface area contributed by atoms with Crippen LogP contribution < -0.4 is 11.1 Å². The number of aliphatic hydroxyl groups excluding tert-OH is 2. The number of nitrogens with zero attached hydrogens (tertiary/aromatic N) is 1. The Kier molecular flexibility index (Phi) is 13.5. The molecule has 7 heteroatoms. The van der Waals surface area contributed by atoms with Crippen LogP contribution >= 0.6 is 0 Å². The molecule has 0 unspecified atom stereocenters. The first kappa shape index (κ1) is 29.7. The van der Waals surface area contributed by atoms with E-state index >= 15 is 0 Å². The molecule has 2 aromatic carbocycles.